The quantitative estimate of drug-likeness (QED) is 0.599. The second kappa shape index (κ2) is 3.37. The van der Waals surface area contributed by atoms with Crippen molar-refractivity contribution in [3.05, 3.63) is 23.8 Å². The van der Waals surface area contributed by atoms with Crippen LogP contribution in [0.3, 0.4) is 0 Å². The van der Waals surface area contributed by atoms with Crippen molar-refractivity contribution >= 4 is 0 Å². The third kappa shape index (κ3) is 1.45. The van der Waals surface area contributed by atoms with Crippen LogP contribution in [0.25, 0.3) is 0 Å². The van der Waals surface area contributed by atoms with Crippen molar-refractivity contribution < 1.29 is 9.47 Å². The van der Waals surface area contributed by atoms with E-state index in [1.54, 1.807) is 0 Å². The SMILES string of the molecule is NC1NNCC1c1ccc2c(c1)OCO2. The highest BCUT2D eigenvalue weighted by atomic mass is 16.7. The molecule has 0 spiro atoms. The van der Waals surface area contributed by atoms with Gasteiger partial charge in [-0.3, -0.25) is 5.43 Å². The number of hydrazine groups is 1. The van der Waals surface area contributed by atoms with Crippen molar-refractivity contribution in [1.29, 1.82) is 0 Å². The summed E-state index contributed by atoms with van der Waals surface area (Å²) < 4.78 is 10.6. The Morgan fingerprint density at radius 3 is 2.93 bits per heavy atom. The maximum absolute atomic E-state index is 5.91. The molecule has 2 heterocycles. The molecule has 1 fully saturated rings. The summed E-state index contributed by atoms with van der Waals surface area (Å²) in [6.07, 6.45) is -0.0506. The summed E-state index contributed by atoms with van der Waals surface area (Å²) in [6, 6.07) is 5.97. The van der Waals surface area contributed by atoms with Crippen LogP contribution in [-0.4, -0.2) is 19.5 Å². The van der Waals surface area contributed by atoms with E-state index >= 15 is 0 Å². The van der Waals surface area contributed by atoms with Gasteiger partial charge < -0.3 is 15.2 Å². The number of ether oxygens (including phenoxy) is 2. The summed E-state index contributed by atoms with van der Waals surface area (Å²) in [4.78, 5) is 0. The summed E-state index contributed by atoms with van der Waals surface area (Å²) in [7, 11) is 0. The highest BCUT2D eigenvalue weighted by Gasteiger charge is 2.26. The van der Waals surface area contributed by atoms with Crippen molar-refractivity contribution in [2.24, 2.45) is 5.73 Å². The predicted octanol–water partition coefficient (Wildman–Crippen LogP) is -0.109. The molecule has 2 aliphatic rings. The van der Waals surface area contributed by atoms with E-state index in [4.69, 9.17) is 15.2 Å². The zero-order chi connectivity index (χ0) is 10.3. The normalized spacial score (nSPS) is 28.3. The van der Waals surface area contributed by atoms with Gasteiger partial charge in [-0.15, -0.1) is 0 Å². The molecule has 2 aliphatic heterocycles. The monoisotopic (exact) mass is 207 g/mol. The van der Waals surface area contributed by atoms with Gasteiger partial charge in [-0.1, -0.05) is 6.07 Å². The Hall–Kier alpha value is -1.30. The smallest absolute Gasteiger partial charge is 0.231 e. The Balaban J connectivity index is 1.92. The highest BCUT2D eigenvalue weighted by Crippen LogP contribution is 2.35. The lowest BCUT2D eigenvalue weighted by atomic mass is 9.97. The molecule has 0 saturated carbocycles. The summed E-state index contributed by atoms with van der Waals surface area (Å²) in [6.45, 7) is 1.15. The summed E-state index contributed by atoms with van der Waals surface area (Å²) >= 11 is 0. The number of rotatable bonds is 1. The third-order valence-electron chi connectivity index (χ3n) is 2.85. The van der Waals surface area contributed by atoms with Crippen molar-refractivity contribution in [3.63, 3.8) is 0 Å². The number of benzene rings is 1. The molecule has 0 radical (unpaired) electrons. The molecule has 5 heteroatoms. The van der Waals surface area contributed by atoms with Gasteiger partial charge in [-0.05, 0) is 17.7 Å². The zero-order valence-electron chi connectivity index (χ0n) is 8.19. The molecule has 15 heavy (non-hydrogen) atoms. The van der Waals surface area contributed by atoms with Gasteiger partial charge in [0.15, 0.2) is 11.5 Å². The standard InChI is InChI=1S/C10H13N3O2/c11-10-7(4-12-13-10)6-1-2-8-9(3-6)15-5-14-8/h1-3,7,10,12-13H,4-5,11H2. The van der Waals surface area contributed by atoms with Gasteiger partial charge in [0, 0.05) is 12.5 Å². The fourth-order valence-corrected chi connectivity index (χ4v) is 1.98. The van der Waals surface area contributed by atoms with Crippen LogP contribution in [0.15, 0.2) is 18.2 Å². The number of fused-ring (bicyclic) bond motifs is 1. The molecular weight excluding hydrogens is 194 g/mol. The van der Waals surface area contributed by atoms with Gasteiger partial charge >= 0.3 is 0 Å². The lowest BCUT2D eigenvalue weighted by Crippen LogP contribution is -2.38. The van der Waals surface area contributed by atoms with Crippen LogP contribution in [0.4, 0.5) is 0 Å². The largest absolute Gasteiger partial charge is 0.454 e. The Morgan fingerprint density at radius 1 is 1.27 bits per heavy atom. The molecule has 4 N–H and O–H groups in total. The van der Waals surface area contributed by atoms with Crippen molar-refractivity contribution in [1.82, 2.24) is 10.9 Å². The summed E-state index contributed by atoms with van der Waals surface area (Å²) in [5, 5.41) is 0. The van der Waals surface area contributed by atoms with Gasteiger partial charge in [0.2, 0.25) is 6.79 Å². The highest BCUT2D eigenvalue weighted by molar-refractivity contribution is 5.45. The van der Waals surface area contributed by atoms with E-state index in [1.165, 1.54) is 5.56 Å². The zero-order valence-corrected chi connectivity index (χ0v) is 8.19. The van der Waals surface area contributed by atoms with Crippen molar-refractivity contribution in [2.45, 2.75) is 12.1 Å². The Morgan fingerprint density at radius 2 is 2.13 bits per heavy atom. The minimum atomic E-state index is -0.0506. The fourth-order valence-electron chi connectivity index (χ4n) is 1.98. The summed E-state index contributed by atoms with van der Waals surface area (Å²) in [5.74, 6) is 1.90. The average Bonchev–Trinajstić information content (AvgIpc) is 2.84. The molecule has 80 valence electrons. The molecule has 3 rings (SSSR count). The first-order valence-electron chi connectivity index (χ1n) is 4.98. The molecule has 5 nitrogen and oxygen atoms in total. The van der Waals surface area contributed by atoms with Gasteiger partial charge in [0.1, 0.15) is 0 Å². The van der Waals surface area contributed by atoms with E-state index in [-0.39, 0.29) is 12.1 Å². The molecule has 0 amide bonds. The number of nitrogens with two attached hydrogens (primary N) is 1. The van der Waals surface area contributed by atoms with Crippen LogP contribution in [0.1, 0.15) is 11.5 Å². The maximum Gasteiger partial charge on any atom is 0.231 e. The van der Waals surface area contributed by atoms with Crippen molar-refractivity contribution in [2.75, 3.05) is 13.3 Å². The molecule has 2 atom stereocenters. The van der Waals surface area contributed by atoms with Crippen LogP contribution in [0.5, 0.6) is 11.5 Å². The molecule has 1 saturated heterocycles. The first kappa shape index (κ1) is 8.96. The maximum atomic E-state index is 5.91. The molecule has 0 bridgehead atoms. The molecular formula is C10H13N3O2. The van der Waals surface area contributed by atoms with E-state index in [1.807, 2.05) is 18.2 Å². The van der Waals surface area contributed by atoms with E-state index in [0.717, 1.165) is 18.0 Å². The van der Waals surface area contributed by atoms with Crippen LogP contribution in [0, 0.1) is 0 Å². The van der Waals surface area contributed by atoms with Crippen LogP contribution >= 0.6 is 0 Å². The van der Waals surface area contributed by atoms with Gasteiger partial charge in [-0.2, -0.15) is 0 Å². The van der Waals surface area contributed by atoms with Crippen LogP contribution in [-0.2, 0) is 0 Å². The minimum absolute atomic E-state index is 0.0506. The minimum Gasteiger partial charge on any atom is -0.454 e. The first-order chi connectivity index (χ1) is 7.34. The Labute approximate surface area is 87.5 Å². The van der Waals surface area contributed by atoms with E-state index in [0.29, 0.717) is 6.79 Å². The number of hydrogen-bond donors (Lipinski definition) is 3. The lowest BCUT2D eigenvalue weighted by Gasteiger charge is -2.14. The Bertz CT molecular complexity index is 383. The number of hydrogen-bond acceptors (Lipinski definition) is 5. The molecule has 0 aromatic heterocycles. The molecule has 0 aliphatic carbocycles. The lowest BCUT2D eigenvalue weighted by molar-refractivity contribution is 0.174. The average molecular weight is 207 g/mol. The fraction of sp³-hybridized carbons (Fsp3) is 0.400. The van der Waals surface area contributed by atoms with Crippen LogP contribution < -0.4 is 26.1 Å². The van der Waals surface area contributed by atoms with E-state index in [2.05, 4.69) is 10.9 Å². The second-order valence-electron chi connectivity index (χ2n) is 3.77. The number of nitrogens with one attached hydrogen (secondary N) is 2. The van der Waals surface area contributed by atoms with Gasteiger partial charge in [0.05, 0.1) is 6.17 Å². The van der Waals surface area contributed by atoms with E-state index < -0.39 is 0 Å². The van der Waals surface area contributed by atoms with Gasteiger partial charge in [-0.25, -0.2) is 5.43 Å². The van der Waals surface area contributed by atoms with Crippen LogP contribution in [0.2, 0.25) is 0 Å². The van der Waals surface area contributed by atoms with Crippen molar-refractivity contribution in [3.8, 4) is 11.5 Å². The summed E-state index contributed by atoms with van der Waals surface area (Å²) in [5.41, 5.74) is 13.1. The topological polar surface area (TPSA) is 68.5 Å². The molecule has 1 aromatic carbocycles. The third-order valence-corrected chi connectivity index (χ3v) is 2.85. The van der Waals surface area contributed by atoms with Gasteiger partial charge in [0.25, 0.3) is 0 Å². The second-order valence-corrected chi connectivity index (χ2v) is 3.77. The Kier molecular flexibility index (Phi) is 2.02. The van der Waals surface area contributed by atoms with E-state index in [9.17, 15) is 0 Å². The predicted molar refractivity (Wildman–Crippen MR) is 54.4 cm³/mol. The molecule has 1 aromatic rings. The molecule has 2 unspecified atom stereocenters. The first-order valence-corrected chi connectivity index (χ1v) is 4.98.